The Morgan fingerprint density at radius 3 is 2.76 bits per heavy atom. The molecule has 2 aromatic rings. The summed E-state index contributed by atoms with van der Waals surface area (Å²) in [5, 5.41) is 2.65. The average molecular weight is 358 g/mol. The molecule has 0 aromatic heterocycles. The molecule has 0 spiro atoms. The molecule has 1 saturated heterocycles. The first-order valence-electron chi connectivity index (χ1n) is 8.06. The molecule has 1 heterocycles. The van der Waals surface area contributed by atoms with Crippen molar-refractivity contribution < 1.29 is 14.0 Å². The predicted octanol–water partition coefficient (Wildman–Crippen LogP) is 3.50. The molecule has 1 fully saturated rings. The van der Waals surface area contributed by atoms with E-state index in [1.54, 1.807) is 23.9 Å². The van der Waals surface area contributed by atoms with Gasteiger partial charge in [0.1, 0.15) is 5.82 Å². The molecule has 0 aliphatic carbocycles. The fraction of sp³-hybridized carbons (Fsp3) is 0.263. The fourth-order valence-electron chi connectivity index (χ4n) is 3.01. The Morgan fingerprint density at radius 2 is 2.00 bits per heavy atom. The van der Waals surface area contributed by atoms with Crippen LogP contribution in [0, 0.1) is 5.82 Å². The monoisotopic (exact) mass is 358 g/mol. The van der Waals surface area contributed by atoms with E-state index in [0.29, 0.717) is 18.8 Å². The number of thioether (sulfide) groups is 1. The highest BCUT2D eigenvalue weighted by Crippen LogP contribution is 2.27. The van der Waals surface area contributed by atoms with Crippen molar-refractivity contribution in [1.29, 1.82) is 0 Å². The van der Waals surface area contributed by atoms with Crippen molar-refractivity contribution >= 4 is 29.3 Å². The van der Waals surface area contributed by atoms with Crippen LogP contribution < -0.4 is 5.32 Å². The molecule has 130 valence electrons. The quantitative estimate of drug-likeness (QED) is 0.675. The summed E-state index contributed by atoms with van der Waals surface area (Å²) in [7, 11) is 0. The molecule has 0 radical (unpaired) electrons. The van der Waals surface area contributed by atoms with Crippen LogP contribution in [0.5, 0.6) is 0 Å². The number of benzene rings is 2. The van der Waals surface area contributed by atoms with E-state index >= 15 is 0 Å². The number of anilines is 1. The number of nitrogens with one attached hydrogen (secondary N) is 1. The SMILES string of the molecule is CSc1cccc(NC(=O)C(=O)N2CCC(c3cccc(F)c3)C2)c1. The Kier molecular flexibility index (Phi) is 5.38. The molecule has 25 heavy (non-hydrogen) atoms. The summed E-state index contributed by atoms with van der Waals surface area (Å²) in [4.78, 5) is 27.2. The molecule has 1 aliphatic heterocycles. The third kappa shape index (κ3) is 4.20. The Morgan fingerprint density at radius 1 is 1.20 bits per heavy atom. The number of hydrogen-bond acceptors (Lipinski definition) is 3. The number of nitrogens with zero attached hydrogens (tertiary/aromatic N) is 1. The molecule has 1 aliphatic rings. The predicted molar refractivity (Wildman–Crippen MR) is 97.2 cm³/mol. The number of rotatable bonds is 3. The standard InChI is InChI=1S/C19H19FN2O2S/c1-25-17-7-3-6-16(11-17)21-18(23)19(24)22-9-8-14(12-22)13-4-2-5-15(20)10-13/h2-7,10-11,14H,8-9,12H2,1H3,(H,21,23). The Bertz CT molecular complexity index is 796. The molecule has 0 saturated carbocycles. The molecule has 6 heteroatoms. The zero-order valence-electron chi connectivity index (χ0n) is 13.9. The topological polar surface area (TPSA) is 49.4 Å². The van der Waals surface area contributed by atoms with E-state index in [2.05, 4.69) is 5.32 Å². The number of carbonyl (C=O) groups excluding carboxylic acids is 2. The first-order valence-corrected chi connectivity index (χ1v) is 9.29. The smallest absolute Gasteiger partial charge is 0.313 e. The molecule has 4 nitrogen and oxygen atoms in total. The first-order chi connectivity index (χ1) is 12.1. The van der Waals surface area contributed by atoms with Crippen molar-refractivity contribution in [1.82, 2.24) is 4.90 Å². The summed E-state index contributed by atoms with van der Waals surface area (Å²) in [6.45, 7) is 0.929. The van der Waals surface area contributed by atoms with E-state index in [-0.39, 0.29) is 11.7 Å². The van der Waals surface area contributed by atoms with Gasteiger partial charge in [-0.15, -0.1) is 11.8 Å². The van der Waals surface area contributed by atoms with Gasteiger partial charge in [0.05, 0.1) is 0 Å². The van der Waals surface area contributed by atoms with Crippen molar-refractivity contribution in [2.45, 2.75) is 17.2 Å². The van der Waals surface area contributed by atoms with Gasteiger partial charge in [-0.3, -0.25) is 9.59 Å². The molecular weight excluding hydrogens is 339 g/mol. The maximum atomic E-state index is 13.4. The lowest BCUT2D eigenvalue weighted by Gasteiger charge is -2.16. The molecule has 0 bridgehead atoms. The lowest BCUT2D eigenvalue weighted by atomic mass is 9.98. The molecule has 2 amide bonds. The summed E-state index contributed by atoms with van der Waals surface area (Å²) >= 11 is 1.57. The second kappa shape index (κ2) is 7.70. The van der Waals surface area contributed by atoms with Crippen molar-refractivity contribution in [3.63, 3.8) is 0 Å². The number of amides is 2. The summed E-state index contributed by atoms with van der Waals surface area (Å²) in [6.07, 6.45) is 2.67. The zero-order valence-corrected chi connectivity index (χ0v) is 14.7. The number of likely N-dealkylation sites (tertiary alicyclic amines) is 1. The number of hydrogen-bond donors (Lipinski definition) is 1. The van der Waals surface area contributed by atoms with Crippen LogP contribution in [0.4, 0.5) is 10.1 Å². The molecular formula is C19H19FN2O2S. The van der Waals surface area contributed by atoms with Crippen LogP contribution in [-0.4, -0.2) is 36.1 Å². The van der Waals surface area contributed by atoms with Crippen LogP contribution in [0.2, 0.25) is 0 Å². The minimum Gasteiger partial charge on any atom is -0.334 e. The second-order valence-corrected chi connectivity index (χ2v) is 6.86. The van der Waals surface area contributed by atoms with Gasteiger partial charge >= 0.3 is 11.8 Å². The highest BCUT2D eigenvalue weighted by molar-refractivity contribution is 7.98. The highest BCUT2D eigenvalue weighted by atomic mass is 32.2. The highest BCUT2D eigenvalue weighted by Gasteiger charge is 2.31. The molecule has 3 rings (SSSR count). The van der Waals surface area contributed by atoms with E-state index in [4.69, 9.17) is 0 Å². The van der Waals surface area contributed by atoms with Gasteiger partial charge in [-0.1, -0.05) is 18.2 Å². The van der Waals surface area contributed by atoms with Crippen LogP contribution in [-0.2, 0) is 9.59 Å². The molecule has 1 N–H and O–H groups in total. The van der Waals surface area contributed by atoms with Gasteiger partial charge in [0.15, 0.2) is 0 Å². The minimum absolute atomic E-state index is 0.0623. The van der Waals surface area contributed by atoms with Crippen LogP contribution in [0.1, 0.15) is 17.9 Å². The molecule has 2 aromatic carbocycles. The largest absolute Gasteiger partial charge is 0.334 e. The lowest BCUT2D eigenvalue weighted by Crippen LogP contribution is -2.38. The minimum atomic E-state index is -0.641. The summed E-state index contributed by atoms with van der Waals surface area (Å²) < 4.78 is 13.4. The number of carbonyl (C=O) groups is 2. The van der Waals surface area contributed by atoms with E-state index in [1.807, 2.05) is 30.5 Å². The molecule has 1 unspecified atom stereocenters. The van der Waals surface area contributed by atoms with Crippen LogP contribution in [0.25, 0.3) is 0 Å². The maximum absolute atomic E-state index is 13.4. The second-order valence-electron chi connectivity index (χ2n) is 5.98. The van der Waals surface area contributed by atoms with Gasteiger partial charge in [0.25, 0.3) is 0 Å². The molecule has 1 atom stereocenters. The van der Waals surface area contributed by atoms with Crippen LogP contribution in [0.15, 0.2) is 53.4 Å². The van der Waals surface area contributed by atoms with Gasteiger partial charge < -0.3 is 10.2 Å². The summed E-state index contributed by atoms with van der Waals surface area (Å²) in [5.41, 5.74) is 1.47. The summed E-state index contributed by atoms with van der Waals surface area (Å²) in [6, 6.07) is 13.8. The van der Waals surface area contributed by atoms with Crippen molar-refractivity contribution in [2.24, 2.45) is 0 Å². The first kappa shape index (κ1) is 17.5. The van der Waals surface area contributed by atoms with Gasteiger partial charge in [-0.05, 0) is 48.6 Å². The van der Waals surface area contributed by atoms with Gasteiger partial charge in [-0.2, -0.15) is 0 Å². The average Bonchev–Trinajstić information content (AvgIpc) is 3.11. The Balaban J connectivity index is 1.62. The maximum Gasteiger partial charge on any atom is 0.313 e. The van der Waals surface area contributed by atoms with Gasteiger partial charge in [-0.25, -0.2) is 4.39 Å². The summed E-state index contributed by atoms with van der Waals surface area (Å²) in [5.74, 6) is -1.41. The van der Waals surface area contributed by atoms with Crippen molar-refractivity contribution in [3.05, 3.63) is 59.9 Å². The fourth-order valence-corrected chi connectivity index (χ4v) is 3.47. The van der Waals surface area contributed by atoms with E-state index in [1.165, 1.54) is 17.0 Å². The normalized spacial score (nSPS) is 16.7. The lowest BCUT2D eigenvalue weighted by molar-refractivity contribution is -0.142. The zero-order chi connectivity index (χ0) is 17.8. The van der Waals surface area contributed by atoms with Crippen LogP contribution in [0.3, 0.4) is 0 Å². The Hall–Kier alpha value is -2.34. The van der Waals surface area contributed by atoms with E-state index < -0.39 is 11.8 Å². The van der Waals surface area contributed by atoms with Gasteiger partial charge in [0.2, 0.25) is 0 Å². The number of halogens is 1. The van der Waals surface area contributed by atoms with Crippen molar-refractivity contribution in [2.75, 3.05) is 24.7 Å². The Labute approximate surface area is 150 Å². The van der Waals surface area contributed by atoms with Crippen LogP contribution >= 0.6 is 11.8 Å². The van der Waals surface area contributed by atoms with E-state index in [9.17, 15) is 14.0 Å². The third-order valence-corrected chi connectivity index (χ3v) is 5.04. The van der Waals surface area contributed by atoms with E-state index in [0.717, 1.165) is 16.9 Å². The third-order valence-electron chi connectivity index (χ3n) is 4.32. The van der Waals surface area contributed by atoms with Crippen molar-refractivity contribution in [3.8, 4) is 0 Å². The van der Waals surface area contributed by atoms with Gasteiger partial charge in [0, 0.05) is 29.6 Å².